The molecular formula is C9H10Br2NOPS. The lowest BCUT2D eigenvalue weighted by molar-refractivity contribution is 0.0982. The molecule has 0 aromatic carbocycles. The van der Waals surface area contributed by atoms with E-state index in [1.54, 1.807) is 6.07 Å². The fraction of sp³-hybridized carbons (Fsp3) is 0.333. The van der Waals surface area contributed by atoms with Gasteiger partial charge in [0.2, 0.25) is 0 Å². The minimum Gasteiger partial charge on any atom is -0.389 e. The summed E-state index contributed by atoms with van der Waals surface area (Å²) in [7, 11) is 0.441. The third-order valence-corrected chi connectivity index (χ3v) is 4.36. The zero-order valence-electron chi connectivity index (χ0n) is 7.80. The molecule has 2 nitrogen and oxygen atoms in total. The van der Waals surface area contributed by atoms with Gasteiger partial charge in [-0.1, -0.05) is 44.1 Å². The lowest BCUT2D eigenvalue weighted by Gasteiger charge is -1.99. The van der Waals surface area contributed by atoms with Crippen LogP contribution in [0.4, 0.5) is 0 Å². The van der Waals surface area contributed by atoms with Crippen molar-refractivity contribution in [1.29, 1.82) is 0 Å². The summed E-state index contributed by atoms with van der Waals surface area (Å²) in [5.74, 6) is 2.06. The molecule has 1 rings (SSSR count). The van der Waals surface area contributed by atoms with E-state index < -0.39 is 0 Å². The van der Waals surface area contributed by atoms with Crippen molar-refractivity contribution in [3.05, 3.63) is 22.7 Å². The van der Waals surface area contributed by atoms with Gasteiger partial charge in [-0.05, 0) is 18.3 Å². The smallest absolute Gasteiger partial charge is 0.163 e. The molecule has 1 atom stereocenters. The number of hydrogen-bond acceptors (Lipinski definition) is 2. The topological polar surface area (TPSA) is 43.1 Å². The van der Waals surface area contributed by atoms with Crippen LogP contribution in [0, 0.1) is 0 Å². The lowest BCUT2D eigenvalue weighted by Crippen LogP contribution is -2.06. The minimum absolute atomic E-state index is 0.151. The Bertz CT molecular complexity index is 378. The molecule has 0 bridgehead atoms. The van der Waals surface area contributed by atoms with E-state index in [0.717, 1.165) is 17.3 Å². The van der Waals surface area contributed by atoms with Gasteiger partial charge >= 0.3 is 0 Å². The first kappa shape index (κ1) is 13.4. The number of carbonyl (C=O) groups is 1. The van der Waals surface area contributed by atoms with Crippen molar-refractivity contribution in [2.45, 2.75) is 16.6 Å². The molecule has 1 aromatic rings. The van der Waals surface area contributed by atoms with E-state index in [2.05, 4.69) is 31.9 Å². The largest absolute Gasteiger partial charge is 0.389 e. The Hall–Kier alpha value is 0.300. The molecule has 1 unspecified atom stereocenters. The van der Waals surface area contributed by atoms with Gasteiger partial charge in [-0.3, -0.25) is 4.79 Å². The van der Waals surface area contributed by atoms with Gasteiger partial charge in [-0.15, -0.1) is 8.19 Å². The number of nitrogens with two attached hydrogens (primary N) is 1. The van der Waals surface area contributed by atoms with Crippen molar-refractivity contribution in [2.75, 3.05) is 0 Å². The number of halogens is 2. The van der Waals surface area contributed by atoms with Crippen LogP contribution in [-0.4, -0.2) is 14.5 Å². The fourth-order valence-electron chi connectivity index (χ4n) is 1.08. The summed E-state index contributed by atoms with van der Waals surface area (Å²) in [5.41, 5.74) is 6.24. The summed E-state index contributed by atoms with van der Waals surface area (Å²) >= 11 is 11.5. The quantitative estimate of drug-likeness (QED) is 0.490. The number of Topliss-reactive ketones (excluding diaryl/α,β-unsaturated/α-hetero) is 1. The van der Waals surface area contributed by atoms with E-state index in [4.69, 9.17) is 18.0 Å². The predicted octanol–water partition coefficient (Wildman–Crippen LogP) is 3.43. The summed E-state index contributed by atoms with van der Waals surface area (Å²) in [6, 6.07) is 1.81. The molecule has 1 heterocycles. The SMILES string of the molecule is NC(=S)c1cc(C(=O)CCC(Br)Br)c[pH]1. The van der Waals surface area contributed by atoms with E-state index >= 15 is 0 Å². The second kappa shape index (κ2) is 6.14. The summed E-state index contributed by atoms with van der Waals surface area (Å²) in [4.78, 5) is 12.1. The maximum atomic E-state index is 11.7. The molecule has 82 valence electrons. The van der Waals surface area contributed by atoms with Crippen molar-refractivity contribution in [3.8, 4) is 0 Å². The lowest BCUT2D eigenvalue weighted by atomic mass is 10.1. The van der Waals surface area contributed by atoms with E-state index in [1.165, 1.54) is 0 Å². The Kier molecular flexibility index (Phi) is 5.47. The van der Waals surface area contributed by atoms with E-state index in [1.807, 2.05) is 5.80 Å². The van der Waals surface area contributed by atoms with Gasteiger partial charge in [0.05, 0.1) is 3.74 Å². The van der Waals surface area contributed by atoms with Gasteiger partial charge in [-0.25, -0.2) is 0 Å². The highest BCUT2D eigenvalue weighted by atomic mass is 79.9. The summed E-state index contributed by atoms with van der Waals surface area (Å²) < 4.78 is 0.192. The Morgan fingerprint density at radius 1 is 1.60 bits per heavy atom. The van der Waals surface area contributed by atoms with Gasteiger partial charge in [-0.2, -0.15) is 0 Å². The van der Waals surface area contributed by atoms with E-state index in [9.17, 15) is 4.79 Å². The first-order chi connectivity index (χ1) is 7.00. The average molecular weight is 371 g/mol. The molecule has 15 heavy (non-hydrogen) atoms. The maximum Gasteiger partial charge on any atom is 0.163 e. The van der Waals surface area contributed by atoms with Crippen LogP contribution < -0.4 is 5.73 Å². The molecule has 1 aromatic heterocycles. The first-order valence-corrected chi connectivity index (χ1v) is 7.62. The van der Waals surface area contributed by atoms with Crippen molar-refractivity contribution >= 4 is 63.0 Å². The summed E-state index contributed by atoms with van der Waals surface area (Å²) in [6.07, 6.45) is 1.30. The normalized spacial score (nSPS) is 11.1. The predicted molar refractivity (Wildman–Crippen MR) is 77.0 cm³/mol. The average Bonchev–Trinajstić information content (AvgIpc) is 2.62. The van der Waals surface area contributed by atoms with E-state index in [-0.39, 0.29) is 9.52 Å². The molecule has 0 aliphatic carbocycles. The molecule has 0 fully saturated rings. The van der Waals surface area contributed by atoms with Crippen molar-refractivity contribution in [1.82, 2.24) is 0 Å². The van der Waals surface area contributed by atoms with Crippen molar-refractivity contribution in [2.24, 2.45) is 5.73 Å². The van der Waals surface area contributed by atoms with Crippen molar-refractivity contribution < 1.29 is 4.79 Å². The molecule has 6 heteroatoms. The Labute approximate surface area is 112 Å². The Morgan fingerprint density at radius 3 is 2.73 bits per heavy atom. The number of thiocarbonyl (C=S) groups is 1. The number of hydrogen-bond donors (Lipinski definition) is 1. The molecule has 0 amide bonds. The molecule has 2 N–H and O–H groups in total. The highest BCUT2D eigenvalue weighted by molar-refractivity contribution is 9.24. The van der Waals surface area contributed by atoms with Crippen LogP contribution in [0.25, 0.3) is 0 Å². The van der Waals surface area contributed by atoms with Crippen LogP contribution in [0.15, 0.2) is 11.9 Å². The van der Waals surface area contributed by atoms with Crippen LogP contribution in [0.5, 0.6) is 0 Å². The first-order valence-electron chi connectivity index (χ1n) is 4.30. The van der Waals surface area contributed by atoms with Crippen LogP contribution in [-0.2, 0) is 0 Å². The second-order valence-electron chi connectivity index (χ2n) is 3.02. The second-order valence-corrected chi connectivity index (χ2v) is 8.01. The molecule has 0 aliphatic rings. The van der Waals surface area contributed by atoms with Crippen LogP contribution in [0.3, 0.4) is 0 Å². The van der Waals surface area contributed by atoms with Gasteiger partial charge in [0.25, 0.3) is 0 Å². The zero-order chi connectivity index (χ0) is 11.4. The molecule has 0 saturated heterocycles. The van der Waals surface area contributed by atoms with Gasteiger partial charge < -0.3 is 5.73 Å². The molecular weight excluding hydrogens is 361 g/mol. The van der Waals surface area contributed by atoms with E-state index in [0.29, 0.717) is 19.6 Å². The molecule has 0 spiro atoms. The highest BCUT2D eigenvalue weighted by Gasteiger charge is 2.10. The van der Waals surface area contributed by atoms with Crippen LogP contribution >= 0.6 is 52.3 Å². The molecule has 0 saturated carbocycles. The molecule has 0 aliphatic heterocycles. The summed E-state index contributed by atoms with van der Waals surface area (Å²) in [6.45, 7) is 0. The highest BCUT2D eigenvalue weighted by Crippen LogP contribution is 2.23. The third-order valence-electron chi connectivity index (χ3n) is 1.86. The standard InChI is InChI=1S/C9H10Br2NOPS/c10-8(11)2-1-6(13)5-3-7(9(12)15)14-4-5/h3-4,8,14H,1-2H2,(H2,12,15). The Morgan fingerprint density at radius 2 is 2.27 bits per heavy atom. The maximum absolute atomic E-state index is 11.7. The number of carbonyl (C=O) groups excluding carboxylic acids is 1. The van der Waals surface area contributed by atoms with Gasteiger partial charge in [0.15, 0.2) is 5.78 Å². The number of alkyl halides is 2. The fourth-order valence-corrected chi connectivity index (χ4v) is 2.71. The van der Waals surface area contributed by atoms with Gasteiger partial charge in [0, 0.05) is 17.3 Å². The third kappa shape index (κ3) is 4.35. The minimum atomic E-state index is 0.151. The van der Waals surface area contributed by atoms with Gasteiger partial charge in [0.1, 0.15) is 4.99 Å². The van der Waals surface area contributed by atoms with Crippen LogP contribution in [0.2, 0.25) is 0 Å². The summed E-state index contributed by atoms with van der Waals surface area (Å²) in [5, 5.41) is 0.905. The number of ketones is 1. The monoisotopic (exact) mass is 369 g/mol. The Balaban J connectivity index is 2.62. The number of rotatable bonds is 5. The van der Waals surface area contributed by atoms with Crippen LogP contribution in [0.1, 0.15) is 28.5 Å². The molecule has 0 radical (unpaired) electrons. The zero-order valence-corrected chi connectivity index (χ0v) is 12.8. The van der Waals surface area contributed by atoms with Crippen molar-refractivity contribution in [3.63, 3.8) is 0 Å².